The largest absolute Gasteiger partial charge is 2.00 e. The Kier molecular flexibility index (Phi) is 27.6. The predicted molar refractivity (Wildman–Crippen MR) is 26.0 cm³/mol. The SMILES string of the molecule is CC(=O)CC(C)=O.[Cl-].[Cl-].[Ti+2]. The fourth-order valence-electron chi connectivity index (χ4n) is 0.351. The van der Waals surface area contributed by atoms with Crippen molar-refractivity contribution >= 4 is 11.6 Å². The molecule has 58 valence electrons. The van der Waals surface area contributed by atoms with E-state index < -0.39 is 0 Å². The van der Waals surface area contributed by atoms with Gasteiger partial charge in [0.05, 0.1) is 6.42 Å². The molecule has 2 nitrogen and oxygen atoms in total. The summed E-state index contributed by atoms with van der Waals surface area (Å²) in [5.41, 5.74) is 0. The molecule has 0 bridgehead atoms. The van der Waals surface area contributed by atoms with Crippen LogP contribution in [-0.2, 0) is 31.3 Å². The van der Waals surface area contributed by atoms with Crippen LogP contribution in [0.15, 0.2) is 0 Å². The van der Waals surface area contributed by atoms with Crippen LogP contribution in [0, 0.1) is 0 Å². The Morgan fingerprint density at radius 2 is 1.20 bits per heavy atom. The monoisotopic (exact) mass is 218 g/mol. The van der Waals surface area contributed by atoms with Crippen LogP contribution in [0.2, 0.25) is 0 Å². The molecule has 0 fully saturated rings. The molecule has 0 aliphatic rings. The van der Waals surface area contributed by atoms with Crippen LogP contribution in [0.4, 0.5) is 0 Å². The van der Waals surface area contributed by atoms with Crippen LogP contribution in [0.5, 0.6) is 0 Å². The van der Waals surface area contributed by atoms with Crippen LogP contribution < -0.4 is 24.8 Å². The molecule has 5 heteroatoms. The second kappa shape index (κ2) is 12.3. The number of hydrogen-bond donors (Lipinski definition) is 0. The van der Waals surface area contributed by atoms with Gasteiger partial charge in [-0.15, -0.1) is 0 Å². The summed E-state index contributed by atoms with van der Waals surface area (Å²) in [6.07, 6.45) is 0.0833. The fraction of sp³-hybridized carbons (Fsp3) is 0.600. The van der Waals surface area contributed by atoms with Gasteiger partial charge in [-0.25, -0.2) is 0 Å². The van der Waals surface area contributed by atoms with E-state index in [1.54, 1.807) is 0 Å². The maximum Gasteiger partial charge on any atom is 2.00 e. The summed E-state index contributed by atoms with van der Waals surface area (Å²) in [4.78, 5) is 20.1. The third-order valence-corrected chi connectivity index (χ3v) is 0.498. The zero-order chi connectivity index (χ0) is 5.86. The van der Waals surface area contributed by atoms with Crippen LogP contribution in [0.1, 0.15) is 20.3 Å². The van der Waals surface area contributed by atoms with Gasteiger partial charge in [-0.05, 0) is 13.8 Å². The van der Waals surface area contributed by atoms with Gasteiger partial charge in [0.25, 0.3) is 0 Å². The van der Waals surface area contributed by atoms with E-state index in [9.17, 15) is 9.59 Å². The van der Waals surface area contributed by atoms with Crippen molar-refractivity contribution in [3.63, 3.8) is 0 Å². The summed E-state index contributed by atoms with van der Waals surface area (Å²) in [5, 5.41) is 0. The maximum atomic E-state index is 10.0. The molecule has 0 radical (unpaired) electrons. The first-order valence-corrected chi connectivity index (χ1v) is 2.12. The standard InChI is InChI=1S/C5H8O2.2ClH.Ti/c1-4(6)3-5(2)7;;;/h3H2,1-2H3;2*1H;/q;;;+2/p-2. The molecule has 0 aromatic rings. The molecule has 0 aromatic carbocycles. The Balaban J connectivity index is -0.0000000600. The molecular formula is C5H8Cl2O2Ti. The summed E-state index contributed by atoms with van der Waals surface area (Å²) < 4.78 is 0. The van der Waals surface area contributed by atoms with Gasteiger partial charge >= 0.3 is 21.7 Å². The Morgan fingerprint density at radius 1 is 1.00 bits per heavy atom. The summed E-state index contributed by atoms with van der Waals surface area (Å²) in [7, 11) is 0. The minimum atomic E-state index is -0.0625. The number of halogens is 2. The number of hydrogen-bond acceptors (Lipinski definition) is 2. The Bertz CT molecular complexity index is 93.8. The van der Waals surface area contributed by atoms with E-state index in [1.165, 1.54) is 13.8 Å². The van der Waals surface area contributed by atoms with Crippen LogP contribution in [0.25, 0.3) is 0 Å². The molecule has 0 atom stereocenters. The zero-order valence-corrected chi connectivity index (χ0v) is 8.85. The average molecular weight is 219 g/mol. The van der Waals surface area contributed by atoms with Crippen molar-refractivity contribution in [3.8, 4) is 0 Å². The smallest absolute Gasteiger partial charge is 1.00 e. The van der Waals surface area contributed by atoms with E-state index >= 15 is 0 Å². The van der Waals surface area contributed by atoms with E-state index in [0.717, 1.165) is 0 Å². The van der Waals surface area contributed by atoms with Gasteiger partial charge in [-0.3, -0.25) is 9.59 Å². The Morgan fingerprint density at radius 3 is 1.20 bits per heavy atom. The zero-order valence-electron chi connectivity index (χ0n) is 5.78. The fourth-order valence-corrected chi connectivity index (χ4v) is 0.351. The Hall–Kier alpha value is 0.634. The second-order valence-corrected chi connectivity index (χ2v) is 1.58. The first kappa shape index (κ1) is 22.4. The normalized spacial score (nSPS) is 5.80. The van der Waals surface area contributed by atoms with Gasteiger partial charge in [0.2, 0.25) is 0 Å². The van der Waals surface area contributed by atoms with Crippen molar-refractivity contribution in [1.29, 1.82) is 0 Å². The number of carbonyl (C=O) groups is 2. The molecule has 0 unspecified atom stereocenters. The molecule has 0 aliphatic heterocycles. The average Bonchev–Trinajstić information content (AvgIpc) is 1.27. The van der Waals surface area contributed by atoms with E-state index in [-0.39, 0.29) is 64.5 Å². The summed E-state index contributed by atoms with van der Waals surface area (Å²) in [6, 6.07) is 0. The van der Waals surface area contributed by atoms with Crippen molar-refractivity contribution in [2.24, 2.45) is 0 Å². The first-order chi connectivity index (χ1) is 3.13. The summed E-state index contributed by atoms with van der Waals surface area (Å²) in [6.45, 7) is 2.81. The van der Waals surface area contributed by atoms with Crippen molar-refractivity contribution in [2.75, 3.05) is 0 Å². The van der Waals surface area contributed by atoms with E-state index in [0.29, 0.717) is 0 Å². The van der Waals surface area contributed by atoms with Crippen LogP contribution in [-0.4, -0.2) is 11.6 Å². The third kappa shape index (κ3) is 23.4. The molecule has 0 aromatic heterocycles. The Labute approximate surface area is 87.8 Å². The minimum absolute atomic E-state index is 0. The van der Waals surface area contributed by atoms with Crippen molar-refractivity contribution < 1.29 is 56.1 Å². The molecule has 10 heavy (non-hydrogen) atoms. The number of Topliss-reactive ketones (excluding diaryl/α,β-unsaturated/α-hetero) is 2. The van der Waals surface area contributed by atoms with Crippen molar-refractivity contribution in [2.45, 2.75) is 20.3 Å². The third-order valence-electron chi connectivity index (χ3n) is 0.498. The molecule has 0 spiro atoms. The summed E-state index contributed by atoms with van der Waals surface area (Å²) >= 11 is 0. The second-order valence-electron chi connectivity index (χ2n) is 1.58. The van der Waals surface area contributed by atoms with Crippen LogP contribution in [0.3, 0.4) is 0 Å². The maximum absolute atomic E-state index is 10.0. The van der Waals surface area contributed by atoms with Crippen molar-refractivity contribution in [1.82, 2.24) is 0 Å². The van der Waals surface area contributed by atoms with E-state index in [2.05, 4.69) is 0 Å². The van der Waals surface area contributed by atoms with Gasteiger partial charge < -0.3 is 24.8 Å². The molecule has 0 heterocycles. The molecule has 0 aliphatic carbocycles. The molecule has 0 amide bonds. The number of carbonyl (C=O) groups excluding carboxylic acids is 2. The topological polar surface area (TPSA) is 34.1 Å². The van der Waals surface area contributed by atoms with Gasteiger partial charge in [-0.1, -0.05) is 0 Å². The molecular weight excluding hydrogens is 211 g/mol. The first-order valence-electron chi connectivity index (χ1n) is 2.12. The molecule has 0 saturated carbocycles. The minimum Gasteiger partial charge on any atom is -1.00 e. The van der Waals surface area contributed by atoms with Gasteiger partial charge in [0, 0.05) is 0 Å². The van der Waals surface area contributed by atoms with E-state index in [1.807, 2.05) is 0 Å². The number of ketones is 2. The summed E-state index contributed by atoms with van der Waals surface area (Å²) in [5.74, 6) is -0.125. The van der Waals surface area contributed by atoms with Crippen molar-refractivity contribution in [3.05, 3.63) is 0 Å². The predicted octanol–water partition coefficient (Wildman–Crippen LogP) is -5.44. The number of rotatable bonds is 2. The quantitative estimate of drug-likeness (QED) is 0.343. The van der Waals surface area contributed by atoms with Gasteiger partial charge in [-0.2, -0.15) is 0 Å². The van der Waals surface area contributed by atoms with Gasteiger partial charge in [0.15, 0.2) is 0 Å². The van der Waals surface area contributed by atoms with Crippen LogP contribution >= 0.6 is 0 Å². The molecule has 0 N–H and O–H groups in total. The molecule has 0 rings (SSSR count). The van der Waals surface area contributed by atoms with E-state index in [4.69, 9.17) is 0 Å². The van der Waals surface area contributed by atoms with Gasteiger partial charge in [0.1, 0.15) is 11.6 Å². The molecule has 0 saturated heterocycles.